The molecule has 0 aliphatic carbocycles. The quantitative estimate of drug-likeness (QED) is 0.817. The molecule has 2 amide bonds. The number of piperidine rings is 1. The summed E-state index contributed by atoms with van der Waals surface area (Å²) in [6.07, 6.45) is 1.02. The van der Waals surface area contributed by atoms with Gasteiger partial charge in [-0.25, -0.2) is 0 Å². The van der Waals surface area contributed by atoms with Gasteiger partial charge >= 0.3 is 0 Å². The van der Waals surface area contributed by atoms with Crippen LogP contribution in [-0.4, -0.2) is 43.5 Å². The molecule has 2 atom stereocenters. The molecule has 0 radical (unpaired) electrons. The molecular formula is C18H26N2O3. The SMILES string of the molecule is CCN1C(=O)CC[C@@H](C(=O)NCCOC)[C@@H]1c1ccccc1C. The minimum atomic E-state index is -0.217. The minimum Gasteiger partial charge on any atom is -0.383 e. The molecule has 1 heterocycles. The van der Waals surface area contributed by atoms with Crippen LogP contribution in [0.3, 0.4) is 0 Å². The lowest BCUT2D eigenvalue weighted by Gasteiger charge is -2.41. The average Bonchev–Trinajstić information content (AvgIpc) is 2.55. The Morgan fingerprint density at radius 1 is 1.39 bits per heavy atom. The first-order chi connectivity index (χ1) is 11.1. The second kappa shape index (κ2) is 8.11. The molecule has 23 heavy (non-hydrogen) atoms. The van der Waals surface area contributed by atoms with Gasteiger partial charge in [-0.15, -0.1) is 0 Å². The topological polar surface area (TPSA) is 58.6 Å². The van der Waals surface area contributed by atoms with Gasteiger partial charge in [0, 0.05) is 26.6 Å². The normalized spacial score (nSPS) is 21.3. The van der Waals surface area contributed by atoms with E-state index in [2.05, 4.69) is 5.32 Å². The molecule has 1 aliphatic heterocycles. The van der Waals surface area contributed by atoms with Crippen molar-refractivity contribution in [3.63, 3.8) is 0 Å². The summed E-state index contributed by atoms with van der Waals surface area (Å²) in [5, 5.41) is 2.93. The van der Waals surface area contributed by atoms with E-state index < -0.39 is 0 Å². The van der Waals surface area contributed by atoms with Crippen LogP contribution in [0.25, 0.3) is 0 Å². The van der Waals surface area contributed by atoms with Gasteiger partial charge in [-0.2, -0.15) is 0 Å². The zero-order valence-corrected chi connectivity index (χ0v) is 14.2. The van der Waals surface area contributed by atoms with Crippen molar-refractivity contribution in [3.05, 3.63) is 35.4 Å². The van der Waals surface area contributed by atoms with Crippen molar-refractivity contribution in [2.45, 2.75) is 32.7 Å². The molecule has 2 rings (SSSR count). The first-order valence-electron chi connectivity index (χ1n) is 8.21. The third-order valence-corrected chi connectivity index (χ3v) is 4.50. The Bertz CT molecular complexity index is 559. The second-order valence-electron chi connectivity index (χ2n) is 5.91. The third-order valence-electron chi connectivity index (χ3n) is 4.50. The van der Waals surface area contributed by atoms with Crippen LogP contribution >= 0.6 is 0 Å². The summed E-state index contributed by atoms with van der Waals surface area (Å²) < 4.78 is 4.99. The smallest absolute Gasteiger partial charge is 0.225 e. The number of nitrogens with zero attached hydrogens (tertiary/aromatic N) is 1. The minimum absolute atomic E-state index is 0.00116. The number of carbonyl (C=O) groups excluding carboxylic acids is 2. The summed E-state index contributed by atoms with van der Waals surface area (Å²) in [5.74, 6) is -0.0893. The maximum absolute atomic E-state index is 12.6. The molecule has 0 aromatic heterocycles. The predicted molar refractivity (Wildman–Crippen MR) is 88.9 cm³/mol. The van der Waals surface area contributed by atoms with Crippen molar-refractivity contribution in [2.24, 2.45) is 5.92 Å². The van der Waals surface area contributed by atoms with E-state index in [-0.39, 0.29) is 23.8 Å². The lowest BCUT2D eigenvalue weighted by Crippen LogP contribution is -2.48. The average molecular weight is 318 g/mol. The van der Waals surface area contributed by atoms with Crippen molar-refractivity contribution in [2.75, 3.05) is 26.8 Å². The number of hydrogen-bond donors (Lipinski definition) is 1. The van der Waals surface area contributed by atoms with Crippen molar-refractivity contribution in [1.82, 2.24) is 10.2 Å². The lowest BCUT2D eigenvalue weighted by molar-refractivity contribution is -0.143. The van der Waals surface area contributed by atoms with Crippen LogP contribution in [0.4, 0.5) is 0 Å². The van der Waals surface area contributed by atoms with E-state index in [0.29, 0.717) is 32.5 Å². The number of hydrogen-bond acceptors (Lipinski definition) is 3. The molecule has 0 bridgehead atoms. The molecule has 126 valence electrons. The summed E-state index contributed by atoms with van der Waals surface area (Å²) in [7, 11) is 1.61. The Morgan fingerprint density at radius 3 is 2.78 bits per heavy atom. The fourth-order valence-electron chi connectivity index (χ4n) is 3.31. The lowest BCUT2D eigenvalue weighted by atomic mass is 9.82. The van der Waals surface area contributed by atoms with Gasteiger partial charge in [0.15, 0.2) is 0 Å². The number of ether oxygens (including phenoxy) is 1. The molecule has 5 heteroatoms. The molecule has 1 aromatic carbocycles. The molecule has 1 aromatic rings. The van der Waals surface area contributed by atoms with Crippen LogP contribution in [0, 0.1) is 12.8 Å². The summed E-state index contributed by atoms with van der Waals surface area (Å²) in [4.78, 5) is 26.8. The summed E-state index contributed by atoms with van der Waals surface area (Å²) in [6.45, 7) is 5.59. The molecular weight excluding hydrogens is 292 g/mol. The van der Waals surface area contributed by atoms with Gasteiger partial charge in [-0.3, -0.25) is 9.59 Å². The molecule has 1 fully saturated rings. The van der Waals surface area contributed by atoms with E-state index in [0.717, 1.165) is 11.1 Å². The highest BCUT2D eigenvalue weighted by Crippen LogP contribution is 2.38. The zero-order chi connectivity index (χ0) is 16.8. The van der Waals surface area contributed by atoms with Crippen LogP contribution in [0.2, 0.25) is 0 Å². The van der Waals surface area contributed by atoms with Gasteiger partial charge in [-0.1, -0.05) is 24.3 Å². The first-order valence-corrected chi connectivity index (χ1v) is 8.21. The fourth-order valence-corrected chi connectivity index (χ4v) is 3.31. The van der Waals surface area contributed by atoms with Gasteiger partial charge < -0.3 is 15.0 Å². The van der Waals surface area contributed by atoms with Crippen molar-refractivity contribution < 1.29 is 14.3 Å². The van der Waals surface area contributed by atoms with Gasteiger partial charge in [0.05, 0.1) is 18.6 Å². The second-order valence-corrected chi connectivity index (χ2v) is 5.91. The maximum atomic E-state index is 12.6. The van der Waals surface area contributed by atoms with E-state index in [4.69, 9.17) is 4.74 Å². The van der Waals surface area contributed by atoms with E-state index >= 15 is 0 Å². The maximum Gasteiger partial charge on any atom is 0.225 e. The molecule has 0 saturated carbocycles. The van der Waals surface area contributed by atoms with E-state index in [1.54, 1.807) is 7.11 Å². The largest absolute Gasteiger partial charge is 0.383 e. The molecule has 0 spiro atoms. The van der Waals surface area contributed by atoms with Crippen molar-refractivity contribution >= 4 is 11.8 Å². The van der Waals surface area contributed by atoms with Crippen LogP contribution in [-0.2, 0) is 14.3 Å². The van der Waals surface area contributed by atoms with Crippen molar-refractivity contribution in [1.29, 1.82) is 0 Å². The summed E-state index contributed by atoms with van der Waals surface area (Å²) in [5.41, 5.74) is 2.18. The zero-order valence-electron chi connectivity index (χ0n) is 14.2. The Kier molecular flexibility index (Phi) is 6.16. The highest BCUT2D eigenvalue weighted by molar-refractivity contribution is 5.85. The monoisotopic (exact) mass is 318 g/mol. The molecule has 1 saturated heterocycles. The Morgan fingerprint density at radius 2 is 2.13 bits per heavy atom. The highest BCUT2D eigenvalue weighted by Gasteiger charge is 2.40. The number of likely N-dealkylation sites (tertiary alicyclic amines) is 1. The Labute approximate surface area is 138 Å². The molecule has 5 nitrogen and oxygen atoms in total. The predicted octanol–water partition coefficient (Wildman–Crippen LogP) is 2.06. The number of rotatable bonds is 6. The first kappa shape index (κ1) is 17.5. The van der Waals surface area contributed by atoms with E-state index in [1.165, 1.54) is 0 Å². The Hall–Kier alpha value is -1.88. The number of methoxy groups -OCH3 is 1. The third kappa shape index (κ3) is 3.91. The number of carbonyl (C=O) groups is 2. The van der Waals surface area contributed by atoms with Gasteiger partial charge in [-0.05, 0) is 31.4 Å². The number of aryl methyl sites for hydroxylation is 1. The molecule has 1 aliphatic rings. The van der Waals surface area contributed by atoms with Gasteiger partial charge in [0.25, 0.3) is 0 Å². The highest BCUT2D eigenvalue weighted by atomic mass is 16.5. The van der Waals surface area contributed by atoms with Crippen LogP contribution in [0.15, 0.2) is 24.3 Å². The fraction of sp³-hybridized carbons (Fsp3) is 0.556. The van der Waals surface area contributed by atoms with Crippen molar-refractivity contribution in [3.8, 4) is 0 Å². The molecule has 0 unspecified atom stereocenters. The van der Waals surface area contributed by atoms with E-state index in [1.807, 2.05) is 43.0 Å². The molecule has 1 N–H and O–H groups in total. The van der Waals surface area contributed by atoms with Crippen LogP contribution in [0.5, 0.6) is 0 Å². The number of benzene rings is 1. The Balaban J connectivity index is 2.29. The van der Waals surface area contributed by atoms with Crippen LogP contribution < -0.4 is 5.32 Å². The van der Waals surface area contributed by atoms with E-state index in [9.17, 15) is 9.59 Å². The van der Waals surface area contributed by atoms with Gasteiger partial charge in [0.2, 0.25) is 11.8 Å². The summed E-state index contributed by atoms with van der Waals surface area (Å²) in [6, 6.07) is 7.81. The standard InChI is InChI=1S/C18H26N2O3/c1-4-20-16(21)10-9-15(18(22)19-11-12-23-3)17(20)14-8-6-5-7-13(14)2/h5-8,15,17H,4,9-12H2,1-3H3,(H,19,22)/t15-,17+/m1/s1. The van der Waals surface area contributed by atoms with Crippen LogP contribution in [0.1, 0.15) is 36.9 Å². The van der Waals surface area contributed by atoms with Gasteiger partial charge in [0.1, 0.15) is 0 Å². The number of amides is 2. The number of nitrogens with one attached hydrogen (secondary N) is 1. The summed E-state index contributed by atoms with van der Waals surface area (Å²) >= 11 is 0.